The van der Waals surface area contributed by atoms with E-state index in [1.165, 1.54) is 6.20 Å². The van der Waals surface area contributed by atoms with Crippen molar-refractivity contribution in [2.45, 2.75) is 18.9 Å². The summed E-state index contributed by atoms with van der Waals surface area (Å²) in [6.45, 7) is 1.45. The second kappa shape index (κ2) is 5.36. The molecule has 1 saturated heterocycles. The van der Waals surface area contributed by atoms with Gasteiger partial charge in [0.05, 0.1) is 12.3 Å². The largest absolute Gasteiger partial charge is 1.00 e. The van der Waals surface area contributed by atoms with Gasteiger partial charge in [-0.1, -0.05) is 0 Å². The van der Waals surface area contributed by atoms with Crippen LogP contribution >= 0.6 is 0 Å². The average Bonchev–Trinajstić information content (AvgIpc) is 2.68. The first-order valence-corrected chi connectivity index (χ1v) is 4.60. The standard InChI is InChI=1S/C9H12N2O3.Li/c12-9(13)8-5-11(6-10-8)7-1-3-14-4-2-7;/h5-7H,1-4H2,(H,12,13);/q;+1/p-1. The Morgan fingerprint density at radius 2 is 2.20 bits per heavy atom. The van der Waals surface area contributed by atoms with E-state index in [-0.39, 0.29) is 24.6 Å². The first kappa shape index (κ1) is 12.3. The number of carboxylic acids is 1. The minimum Gasteiger partial charge on any atom is -0.543 e. The average molecular weight is 202 g/mol. The molecule has 1 aromatic heterocycles. The molecule has 0 spiro atoms. The predicted octanol–water partition coefficient (Wildman–Crippen LogP) is -3.40. The molecule has 76 valence electrons. The van der Waals surface area contributed by atoms with Gasteiger partial charge in [-0.3, -0.25) is 0 Å². The summed E-state index contributed by atoms with van der Waals surface area (Å²) in [6.07, 6.45) is 4.87. The number of rotatable bonds is 2. The minimum absolute atomic E-state index is 0. The number of carbonyl (C=O) groups is 1. The third-order valence-electron chi connectivity index (χ3n) is 2.42. The first-order chi connectivity index (χ1) is 6.77. The maximum Gasteiger partial charge on any atom is 1.00 e. The number of aromatic carboxylic acids is 1. The van der Waals surface area contributed by atoms with E-state index in [1.54, 1.807) is 6.33 Å². The van der Waals surface area contributed by atoms with Crippen molar-refractivity contribution in [3.8, 4) is 0 Å². The van der Waals surface area contributed by atoms with Crippen LogP contribution in [-0.2, 0) is 4.74 Å². The molecule has 1 aliphatic rings. The summed E-state index contributed by atoms with van der Waals surface area (Å²) in [6, 6.07) is 0.310. The van der Waals surface area contributed by atoms with Gasteiger partial charge < -0.3 is 19.2 Å². The second-order valence-corrected chi connectivity index (χ2v) is 3.34. The molecule has 0 aromatic carbocycles. The molecule has 1 aliphatic heterocycles. The van der Waals surface area contributed by atoms with Crippen molar-refractivity contribution in [2.75, 3.05) is 13.2 Å². The van der Waals surface area contributed by atoms with Crippen molar-refractivity contribution < 1.29 is 33.5 Å². The van der Waals surface area contributed by atoms with Gasteiger partial charge in [0.1, 0.15) is 5.69 Å². The van der Waals surface area contributed by atoms with Crippen LogP contribution in [0.4, 0.5) is 0 Å². The summed E-state index contributed by atoms with van der Waals surface area (Å²) in [7, 11) is 0. The summed E-state index contributed by atoms with van der Waals surface area (Å²) in [5.74, 6) is -1.23. The summed E-state index contributed by atoms with van der Waals surface area (Å²) >= 11 is 0. The van der Waals surface area contributed by atoms with E-state index >= 15 is 0 Å². The van der Waals surface area contributed by atoms with Crippen molar-refractivity contribution in [1.29, 1.82) is 0 Å². The molecule has 5 nitrogen and oxygen atoms in total. The van der Waals surface area contributed by atoms with Crippen molar-refractivity contribution in [3.63, 3.8) is 0 Å². The summed E-state index contributed by atoms with van der Waals surface area (Å²) in [5, 5.41) is 10.5. The van der Waals surface area contributed by atoms with Crippen LogP contribution < -0.4 is 24.0 Å². The Morgan fingerprint density at radius 1 is 1.53 bits per heavy atom. The smallest absolute Gasteiger partial charge is 0.543 e. The van der Waals surface area contributed by atoms with Crippen LogP contribution in [0.15, 0.2) is 12.5 Å². The molecule has 0 radical (unpaired) electrons. The van der Waals surface area contributed by atoms with Crippen LogP contribution in [0.3, 0.4) is 0 Å². The molecule has 0 unspecified atom stereocenters. The topological polar surface area (TPSA) is 67.2 Å². The zero-order valence-corrected chi connectivity index (χ0v) is 8.68. The summed E-state index contributed by atoms with van der Waals surface area (Å²) in [4.78, 5) is 14.2. The van der Waals surface area contributed by atoms with Crippen LogP contribution in [0.5, 0.6) is 0 Å². The van der Waals surface area contributed by atoms with E-state index in [9.17, 15) is 9.90 Å². The zero-order valence-electron chi connectivity index (χ0n) is 8.68. The number of hydrogen-bond donors (Lipinski definition) is 0. The predicted molar refractivity (Wildman–Crippen MR) is 45.6 cm³/mol. The van der Waals surface area contributed by atoms with E-state index in [4.69, 9.17) is 4.74 Å². The number of carboxylic acid groups (broad SMARTS) is 1. The molecule has 0 aliphatic carbocycles. The fourth-order valence-electron chi connectivity index (χ4n) is 1.63. The number of ether oxygens (including phenoxy) is 1. The number of imidazole rings is 1. The van der Waals surface area contributed by atoms with Crippen molar-refractivity contribution >= 4 is 5.97 Å². The Balaban J connectivity index is 0.00000112. The zero-order chi connectivity index (χ0) is 9.97. The molecule has 1 fully saturated rings. The molecule has 15 heavy (non-hydrogen) atoms. The van der Waals surface area contributed by atoms with E-state index in [0.29, 0.717) is 6.04 Å². The number of aromatic nitrogens is 2. The molecule has 0 bridgehead atoms. The maximum atomic E-state index is 10.5. The SMILES string of the molecule is O=C([O-])c1cn(C2CCOCC2)cn1.[Li+]. The van der Waals surface area contributed by atoms with E-state index in [2.05, 4.69) is 4.98 Å². The van der Waals surface area contributed by atoms with Crippen LogP contribution in [0.1, 0.15) is 29.4 Å². The Kier molecular flexibility index (Phi) is 4.40. The maximum absolute atomic E-state index is 10.5. The number of nitrogens with zero attached hydrogens (tertiary/aromatic N) is 2. The molecular formula is C9H11LiN2O3. The van der Waals surface area contributed by atoms with Gasteiger partial charge in [0.15, 0.2) is 0 Å². The van der Waals surface area contributed by atoms with Gasteiger partial charge >= 0.3 is 18.9 Å². The van der Waals surface area contributed by atoms with Crippen LogP contribution in [-0.4, -0.2) is 28.7 Å². The van der Waals surface area contributed by atoms with E-state index in [1.807, 2.05) is 4.57 Å². The van der Waals surface area contributed by atoms with Crippen molar-refractivity contribution in [3.05, 3.63) is 18.2 Å². The molecule has 2 rings (SSSR count). The molecular weight excluding hydrogens is 191 g/mol. The van der Waals surface area contributed by atoms with E-state index in [0.717, 1.165) is 26.1 Å². The Hall–Kier alpha value is -0.763. The number of carbonyl (C=O) groups excluding carboxylic acids is 1. The van der Waals surface area contributed by atoms with Crippen LogP contribution in [0.2, 0.25) is 0 Å². The Bertz CT molecular complexity index is 334. The minimum atomic E-state index is -1.23. The van der Waals surface area contributed by atoms with E-state index < -0.39 is 5.97 Å². The third kappa shape index (κ3) is 2.85. The quantitative estimate of drug-likeness (QED) is 0.469. The number of hydrogen-bond acceptors (Lipinski definition) is 4. The molecule has 1 aromatic rings. The van der Waals surface area contributed by atoms with Gasteiger partial charge in [-0.05, 0) is 12.8 Å². The first-order valence-electron chi connectivity index (χ1n) is 4.60. The van der Waals surface area contributed by atoms with Crippen molar-refractivity contribution in [1.82, 2.24) is 9.55 Å². The van der Waals surface area contributed by atoms with Crippen molar-refractivity contribution in [2.24, 2.45) is 0 Å². The Morgan fingerprint density at radius 3 is 2.73 bits per heavy atom. The molecule has 0 amide bonds. The molecule has 0 N–H and O–H groups in total. The third-order valence-corrected chi connectivity index (χ3v) is 2.42. The molecule has 2 heterocycles. The van der Waals surface area contributed by atoms with Gasteiger partial charge in [0.2, 0.25) is 0 Å². The normalized spacial score (nSPS) is 17.1. The fourth-order valence-corrected chi connectivity index (χ4v) is 1.63. The van der Waals surface area contributed by atoms with Gasteiger partial charge in [-0.2, -0.15) is 0 Å². The molecule has 0 atom stereocenters. The van der Waals surface area contributed by atoms with Crippen LogP contribution in [0.25, 0.3) is 0 Å². The second-order valence-electron chi connectivity index (χ2n) is 3.34. The van der Waals surface area contributed by atoms with Gasteiger partial charge in [0.25, 0.3) is 0 Å². The summed E-state index contributed by atoms with van der Waals surface area (Å²) < 4.78 is 7.04. The van der Waals surface area contributed by atoms with Gasteiger partial charge in [-0.25, -0.2) is 4.98 Å². The monoisotopic (exact) mass is 202 g/mol. The molecule has 6 heteroatoms. The van der Waals surface area contributed by atoms with Gasteiger partial charge in [-0.15, -0.1) is 0 Å². The Labute approximate surface area is 99.6 Å². The van der Waals surface area contributed by atoms with Crippen LogP contribution in [0, 0.1) is 0 Å². The van der Waals surface area contributed by atoms with Gasteiger partial charge in [0, 0.05) is 25.5 Å². The fraction of sp³-hybridized carbons (Fsp3) is 0.556. The molecule has 0 saturated carbocycles. The summed E-state index contributed by atoms with van der Waals surface area (Å²) in [5.41, 5.74) is -0.00325.